The van der Waals surface area contributed by atoms with Crippen LogP contribution >= 0.6 is 11.8 Å². The Labute approximate surface area is 162 Å². The van der Waals surface area contributed by atoms with Crippen molar-refractivity contribution in [3.8, 4) is 11.4 Å². The standard InChI is InChI=1S/C17H17F2N5O3S/c1-8(6-25)20-14-12(15-21-9(2)27-24-15)16(26)23-17(22-14)28-7-10-4-3-5-11(18)13(10)19/h3-5,8,25H,6-7H2,1-2H3,(H2,20,22,23,26)/t8-/m1/s1. The van der Waals surface area contributed by atoms with Crippen molar-refractivity contribution in [3.05, 3.63) is 51.6 Å². The molecule has 0 aliphatic rings. The minimum atomic E-state index is -0.943. The van der Waals surface area contributed by atoms with Crippen LogP contribution in [-0.2, 0) is 5.75 Å². The third-order valence-corrected chi connectivity index (χ3v) is 4.62. The van der Waals surface area contributed by atoms with Crippen LogP contribution in [-0.4, -0.2) is 37.9 Å². The van der Waals surface area contributed by atoms with E-state index in [0.717, 1.165) is 17.8 Å². The Morgan fingerprint density at radius 2 is 2.14 bits per heavy atom. The summed E-state index contributed by atoms with van der Waals surface area (Å²) in [5.74, 6) is -1.36. The molecule has 0 amide bonds. The Bertz CT molecular complexity index is 1040. The normalized spacial score (nSPS) is 12.2. The number of anilines is 1. The van der Waals surface area contributed by atoms with Gasteiger partial charge in [-0.3, -0.25) is 4.79 Å². The molecule has 148 valence electrons. The van der Waals surface area contributed by atoms with Gasteiger partial charge in [0, 0.05) is 24.3 Å². The molecule has 2 heterocycles. The first-order valence-corrected chi connectivity index (χ1v) is 9.25. The smallest absolute Gasteiger partial charge is 0.264 e. The number of aromatic amines is 1. The molecule has 3 rings (SSSR count). The quantitative estimate of drug-likeness (QED) is 0.403. The molecule has 2 aromatic heterocycles. The van der Waals surface area contributed by atoms with Crippen LogP contribution in [0.2, 0.25) is 0 Å². The zero-order chi connectivity index (χ0) is 20.3. The average Bonchev–Trinajstić information content (AvgIpc) is 3.08. The van der Waals surface area contributed by atoms with E-state index < -0.39 is 23.2 Å². The highest BCUT2D eigenvalue weighted by molar-refractivity contribution is 7.98. The van der Waals surface area contributed by atoms with Crippen LogP contribution in [0, 0.1) is 18.6 Å². The lowest BCUT2D eigenvalue weighted by Gasteiger charge is -2.14. The van der Waals surface area contributed by atoms with Crippen LogP contribution in [0.4, 0.5) is 14.6 Å². The first-order chi connectivity index (χ1) is 13.4. The van der Waals surface area contributed by atoms with E-state index in [1.165, 1.54) is 12.1 Å². The summed E-state index contributed by atoms with van der Waals surface area (Å²) >= 11 is 1.03. The summed E-state index contributed by atoms with van der Waals surface area (Å²) < 4.78 is 32.1. The van der Waals surface area contributed by atoms with Gasteiger partial charge in [0.1, 0.15) is 11.4 Å². The fourth-order valence-electron chi connectivity index (χ4n) is 2.32. The molecule has 1 atom stereocenters. The zero-order valence-electron chi connectivity index (χ0n) is 15.0. The lowest BCUT2D eigenvalue weighted by molar-refractivity contribution is 0.281. The van der Waals surface area contributed by atoms with Crippen LogP contribution < -0.4 is 10.9 Å². The van der Waals surface area contributed by atoms with Crippen LogP contribution in [0.1, 0.15) is 18.4 Å². The van der Waals surface area contributed by atoms with Gasteiger partial charge in [-0.05, 0) is 13.0 Å². The minimum absolute atomic E-state index is 0.0478. The van der Waals surface area contributed by atoms with Gasteiger partial charge in [0.2, 0.25) is 11.7 Å². The molecular formula is C17H17F2N5O3S. The van der Waals surface area contributed by atoms with E-state index in [4.69, 9.17) is 4.52 Å². The van der Waals surface area contributed by atoms with Crippen LogP contribution in [0.25, 0.3) is 11.4 Å². The van der Waals surface area contributed by atoms with Crippen LogP contribution in [0.5, 0.6) is 0 Å². The van der Waals surface area contributed by atoms with Crippen molar-refractivity contribution in [1.29, 1.82) is 0 Å². The summed E-state index contributed by atoms with van der Waals surface area (Å²) in [7, 11) is 0. The molecule has 0 spiro atoms. The first kappa shape index (κ1) is 20.0. The number of aromatic nitrogens is 4. The molecule has 0 aliphatic carbocycles. The summed E-state index contributed by atoms with van der Waals surface area (Å²) in [5, 5.41) is 16.1. The van der Waals surface area contributed by atoms with Crippen molar-refractivity contribution >= 4 is 17.6 Å². The summed E-state index contributed by atoms with van der Waals surface area (Å²) in [4.78, 5) is 23.5. The molecule has 3 N–H and O–H groups in total. The fourth-order valence-corrected chi connectivity index (χ4v) is 3.15. The van der Waals surface area contributed by atoms with Gasteiger partial charge in [0.05, 0.1) is 6.61 Å². The minimum Gasteiger partial charge on any atom is -0.394 e. The Hall–Kier alpha value is -2.79. The van der Waals surface area contributed by atoms with Crippen molar-refractivity contribution in [2.24, 2.45) is 0 Å². The van der Waals surface area contributed by atoms with Crippen molar-refractivity contribution in [3.63, 3.8) is 0 Å². The maximum absolute atomic E-state index is 13.8. The van der Waals surface area contributed by atoms with E-state index in [1.54, 1.807) is 13.8 Å². The lowest BCUT2D eigenvalue weighted by Crippen LogP contribution is -2.24. The number of nitrogens with one attached hydrogen (secondary N) is 2. The third kappa shape index (κ3) is 4.37. The number of aliphatic hydroxyl groups is 1. The Kier molecular flexibility index (Phi) is 6.05. The van der Waals surface area contributed by atoms with Gasteiger partial charge in [-0.1, -0.05) is 29.1 Å². The molecule has 0 saturated carbocycles. The highest BCUT2D eigenvalue weighted by atomic mass is 32.2. The molecule has 0 aliphatic heterocycles. The second-order valence-corrected chi connectivity index (χ2v) is 6.93. The first-order valence-electron chi connectivity index (χ1n) is 8.27. The van der Waals surface area contributed by atoms with Gasteiger partial charge in [0.15, 0.2) is 16.8 Å². The fraction of sp³-hybridized carbons (Fsp3) is 0.294. The number of hydrogen-bond acceptors (Lipinski definition) is 8. The number of nitrogens with zero attached hydrogens (tertiary/aromatic N) is 3. The number of aryl methyl sites for hydroxylation is 1. The number of halogens is 2. The lowest BCUT2D eigenvalue weighted by atomic mass is 10.2. The number of H-pyrrole nitrogens is 1. The maximum Gasteiger partial charge on any atom is 0.264 e. The van der Waals surface area contributed by atoms with Crippen molar-refractivity contribution in [2.45, 2.75) is 30.8 Å². The zero-order valence-corrected chi connectivity index (χ0v) is 15.8. The van der Waals surface area contributed by atoms with E-state index in [-0.39, 0.29) is 46.2 Å². The van der Waals surface area contributed by atoms with Gasteiger partial charge in [-0.25, -0.2) is 13.8 Å². The number of thioether (sulfide) groups is 1. The van der Waals surface area contributed by atoms with E-state index in [1.807, 2.05) is 0 Å². The van der Waals surface area contributed by atoms with Gasteiger partial charge in [-0.15, -0.1) is 0 Å². The average molecular weight is 409 g/mol. The molecule has 0 bridgehead atoms. The van der Waals surface area contributed by atoms with Crippen LogP contribution in [0.3, 0.4) is 0 Å². The Morgan fingerprint density at radius 3 is 2.82 bits per heavy atom. The van der Waals surface area contributed by atoms with Gasteiger partial charge in [-0.2, -0.15) is 4.98 Å². The largest absolute Gasteiger partial charge is 0.394 e. The molecular weight excluding hydrogens is 392 g/mol. The Balaban J connectivity index is 1.94. The van der Waals surface area contributed by atoms with E-state index >= 15 is 0 Å². The molecule has 0 unspecified atom stereocenters. The predicted molar refractivity (Wildman–Crippen MR) is 99.0 cm³/mol. The molecule has 8 nitrogen and oxygen atoms in total. The van der Waals surface area contributed by atoms with Crippen molar-refractivity contribution in [1.82, 2.24) is 20.1 Å². The molecule has 0 saturated heterocycles. The number of hydrogen-bond donors (Lipinski definition) is 3. The third-order valence-electron chi connectivity index (χ3n) is 3.70. The van der Waals surface area contributed by atoms with E-state index in [0.29, 0.717) is 0 Å². The number of benzene rings is 1. The van der Waals surface area contributed by atoms with Crippen molar-refractivity contribution in [2.75, 3.05) is 11.9 Å². The van der Waals surface area contributed by atoms with Crippen LogP contribution in [0.15, 0.2) is 32.7 Å². The van der Waals surface area contributed by atoms with E-state index in [2.05, 4.69) is 25.4 Å². The highest BCUT2D eigenvalue weighted by Gasteiger charge is 2.20. The van der Waals surface area contributed by atoms with Gasteiger partial charge < -0.3 is 19.9 Å². The van der Waals surface area contributed by atoms with Gasteiger partial charge >= 0.3 is 0 Å². The van der Waals surface area contributed by atoms with Gasteiger partial charge in [0.25, 0.3) is 5.56 Å². The summed E-state index contributed by atoms with van der Waals surface area (Å²) in [6.45, 7) is 3.08. The monoisotopic (exact) mass is 409 g/mol. The molecule has 0 fully saturated rings. The SMILES string of the molecule is Cc1nc(-c2c(N[C@H](C)CO)nc(SCc3cccc(F)c3F)[nH]c2=O)no1. The topological polar surface area (TPSA) is 117 Å². The van der Waals surface area contributed by atoms with Crippen molar-refractivity contribution < 1.29 is 18.4 Å². The maximum atomic E-state index is 13.8. The highest BCUT2D eigenvalue weighted by Crippen LogP contribution is 2.26. The van der Waals surface area contributed by atoms with E-state index in [9.17, 15) is 18.7 Å². The molecule has 28 heavy (non-hydrogen) atoms. The molecule has 3 aromatic rings. The Morgan fingerprint density at radius 1 is 1.36 bits per heavy atom. The number of aliphatic hydroxyl groups excluding tert-OH is 1. The molecule has 0 radical (unpaired) electrons. The summed E-state index contributed by atoms with van der Waals surface area (Å²) in [6, 6.07) is 3.48. The molecule has 11 heteroatoms. The number of rotatable bonds is 7. The predicted octanol–water partition coefficient (Wildman–Crippen LogP) is 2.49. The summed E-state index contributed by atoms with van der Waals surface area (Å²) in [5.41, 5.74) is -0.340. The molecule has 1 aromatic carbocycles. The second kappa shape index (κ2) is 8.48. The summed E-state index contributed by atoms with van der Waals surface area (Å²) in [6.07, 6.45) is 0. The second-order valence-electron chi connectivity index (χ2n) is 5.96.